The van der Waals surface area contributed by atoms with Gasteiger partial charge in [0.25, 0.3) is 6.02 Å². The third-order valence-electron chi connectivity index (χ3n) is 2.69. The van der Waals surface area contributed by atoms with Crippen LogP contribution in [0.2, 0.25) is 0 Å². The second-order valence-corrected chi connectivity index (χ2v) is 4.31. The van der Waals surface area contributed by atoms with E-state index >= 15 is 0 Å². The average Bonchev–Trinajstić information content (AvgIpc) is 2.79. The van der Waals surface area contributed by atoms with Crippen LogP contribution >= 0.6 is 0 Å². The number of amidine groups is 1. The molecule has 1 aliphatic rings. The fraction of sp³-hybridized carbons (Fsp3) is 0.462. The molecule has 3 heteroatoms. The quantitative estimate of drug-likeness (QED) is 0.845. The molecule has 16 heavy (non-hydrogen) atoms. The highest BCUT2D eigenvalue weighted by molar-refractivity contribution is 5.75. The van der Waals surface area contributed by atoms with E-state index in [1.54, 1.807) is 0 Å². The molecule has 1 aromatic rings. The smallest absolute Gasteiger partial charge is 0.285 e. The standard InChI is InChI=1S/C13H18N2O/c1-10(2)12(11-6-4-3-5-7-11)15-13-14-8-9-16-13/h3-7,10,12H,8-9H2,1-2H3,(H,14,15). The van der Waals surface area contributed by atoms with Crippen LogP contribution in [-0.4, -0.2) is 19.2 Å². The van der Waals surface area contributed by atoms with Crippen molar-refractivity contribution in [2.24, 2.45) is 10.9 Å². The zero-order chi connectivity index (χ0) is 11.4. The second kappa shape index (κ2) is 5.01. The summed E-state index contributed by atoms with van der Waals surface area (Å²) in [7, 11) is 0. The Morgan fingerprint density at radius 1 is 1.25 bits per heavy atom. The van der Waals surface area contributed by atoms with Crippen molar-refractivity contribution in [3.05, 3.63) is 35.9 Å². The molecule has 86 valence electrons. The van der Waals surface area contributed by atoms with Crippen LogP contribution in [0, 0.1) is 5.92 Å². The summed E-state index contributed by atoms with van der Waals surface area (Å²) in [4.78, 5) is 4.27. The Kier molecular flexibility index (Phi) is 3.44. The van der Waals surface area contributed by atoms with Gasteiger partial charge >= 0.3 is 0 Å². The number of hydrogen-bond donors (Lipinski definition) is 1. The molecular weight excluding hydrogens is 200 g/mol. The molecule has 1 N–H and O–H groups in total. The van der Waals surface area contributed by atoms with Crippen molar-refractivity contribution in [2.45, 2.75) is 19.9 Å². The molecule has 1 atom stereocenters. The van der Waals surface area contributed by atoms with Gasteiger partial charge in [-0.15, -0.1) is 0 Å². The summed E-state index contributed by atoms with van der Waals surface area (Å²) in [6, 6.07) is 11.4. The van der Waals surface area contributed by atoms with Crippen LogP contribution in [0.4, 0.5) is 0 Å². The minimum Gasteiger partial charge on any atom is -0.463 e. The fourth-order valence-corrected chi connectivity index (χ4v) is 1.85. The predicted molar refractivity (Wildman–Crippen MR) is 65.4 cm³/mol. The molecule has 0 aromatic heterocycles. The molecule has 1 aromatic carbocycles. The molecule has 0 radical (unpaired) electrons. The van der Waals surface area contributed by atoms with Crippen molar-refractivity contribution in [1.29, 1.82) is 0 Å². The van der Waals surface area contributed by atoms with Gasteiger partial charge in [0.2, 0.25) is 0 Å². The highest BCUT2D eigenvalue weighted by atomic mass is 16.5. The summed E-state index contributed by atoms with van der Waals surface area (Å²) < 4.78 is 5.39. The third-order valence-corrected chi connectivity index (χ3v) is 2.69. The minimum absolute atomic E-state index is 0.262. The van der Waals surface area contributed by atoms with Gasteiger partial charge in [0.15, 0.2) is 0 Å². The zero-order valence-electron chi connectivity index (χ0n) is 9.81. The first-order valence-electron chi connectivity index (χ1n) is 5.76. The van der Waals surface area contributed by atoms with Crippen molar-refractivity contribution in [3.8, 4) is 0 Å². The first-order valence-corrected chi connectivity index (χ1v) is 5.76. The van der Waals surface area contributed by atoms with Crippen molar-refractivity contribution in [3.63, 3.8) is 0 Å². The van der Waals surface area contributed by atoms with Crippen LogP contribution in [0.25, 0.3) is 0 Å². The van der Waals surface area contributed by atoms with E-state index in [9.17, 15) is 0 Å². The van der Waals surface area contributed by atoms with E-state index in [1.807, 2.05) is 6.07 Å². The number of benzene rings is 1. The highest BCUT2D eigenvalue weighted by Crippen LogP contribution is 2.21. The highest BCUT2D eigenvalue weighted by Gasteiger charge is 2.19. The normalized spacial score (nSPS) is 16.8. The summed E-state index contributed by atoms with van der Waals surface area (Å²) in [6.07, 6.45) is 0. The van der Waals surface area contributed by atoms with Crippen LogP contribution in [0.15, 0.2) is 35.3 Å². The molecule has 0 saturated heterocycles. The van der Waals surface area contributed by atoms with Crippen LogP contribution in [0.1, 0.15) is 25.5 Å². The topological polar surface area (TPSA) is 33.6 Å². The van der Waals surface area contributed by atoms with E-state index in [0.29, 0.717) is 18.5 Å². The van der Waals surface area contributed by atoms with Gasteiger partial charge in [0, 0.05) is 0 Å². The molecule has 0 aliphatic carbocycles. The van der Waals surface area contributed by atoms with Crippen LogP contribution < -0.4 is 5.32 Å². The van der Waals surface area contributed by atoms with Crippen molar-refractivity contribution in [2.75, 3.05) is 13.2 Å². The molecule has 0 bridgehead atoms. The third kappa shape index (κ3) is 2.54. The van der Waals surface area contributed by atoms with Crippen LogP contribution in [0.5, 0.6) is 0 Å². The first-order chi connectivity index (χ1) is 7.77. The maximum atomic E-state index is 5.39. The summed E-state index contributed by atoms with van der Waals surface area (Å²) in [5, 5.41) is 3.36. The Bertz CT molecular complexity index is 359. The molecule has 1 unspecified atom stereocenters. The minimum atomic E-state index is 0.262. The average molecular weight is 218 g/mol. The summed E-state index contributed by atoms with van der Waals surface area (Å²) >= 11 is 0. The van der Waals surface area contributed by atoms with Gasteiger partial charge in [-0.2, -0.15) is 0 Å². The van der Waals surface area contributed by atoms with Crippen LogP contribution in [0.3, 0.4) is 0 Å². The molecule has 0 fully saturated rings. The van der Waals surface area contributed by atoms with Crippen LogP contribution in [-0.2, 0) is 4.74 Å². The summed E-state index contributed by atoms with van der Waals surface area (Å²) in [5.41, 5.74) is 1.27. The van der Waals surface area contributed by atoms with Gasteiger partial charge in [-0.05, 0) is 11.5 Å². The Labute approximate surface area is 96.5 Å². The molecule has 2 rings (SSSR count). The number of nitrogens with zero attached hydrogens (tertiary/aromatic N) is 1. The number of nitrogens with one attached hydrogen (secondary N) is 1. The van der Waals surface area contributed by atoms with Crippen molar-refractivity contribution in [1.82, 2.24) is 5.32 Å². The molecule has 1 heterocycles. The van der Waals surface area contributed by atoms with E-state index in [2.05, 4.69) is 48.4 Å². The van der Waals surface area contributed by atoms with E-state index in [-0.39, 0.29) is 6.04 Å². The Morgan fingerprint density at radius 3 is 2.56 bits per heavy atom. The summed E-state index contributed by atoms with van der Waals surface area (Å²) in [5.74, 6) is 0.495. The van der Waals surface area contributed by atoms with E-state index in [4.69, 9.17) is 4.74 Å². The second-order valence-electron chi connectivity index (χ2n) is 4.31. The number of rotatable bonds is 3. The molecule has 3 nitrogen and oxygen atoms in total. The largest absolute Gasteiger partial charge is 0.463 e. The van der Waals surface area contributed by atoms with Gasteiger partial charge in [-0.3, -0.25) is 0 Å². The Hall–Kier alpha value is -1.51. The zero-order valence-corrected chi connectivity index (χ0v) is 9.81. The number of hydrogen-bond acceptors (Lipinski definition) is 3. The van der Waals surface area contributed by atoms with Gasteiger partial charge in [0.05, 0.1) is 12.6 Å². The predicted octanol–water partition coefficient (Wildman–Crippen LogP) is 2.36. The molecule has 0 saturated carbocycles. The van der Waals surface area contributed by atoms with Crippen molar-refractivity contribution >= 4 is 6.02 Å². The van der Waals surface area contributed by atoms with Gasteiger partial charge in [-0.25, -0.2) is 4.99 Å². The molecule has 0 spiro atoms. The Balaban J connectivity index is 2.11. The lowest BCUT2D eigenvalue weighted by Gasteiger charge is -2.23. The summed E-state index contributed by atoms with van der Waals surface area (Å²) in [6.45, 7) is 5.85. The Morgan fingerprint density at radius 2 is 2.00 bits per heavy atom. The SMILES string of the molecule is CC(C)C(NC1=NCCO1)c1ccccc1. The fourth-order valence-electron chi connectivity index (χ4n) is 1.85. The lowest BCUT2D eigenvalue weighted by Crippen LogP contribution is -2.31. The maximum absolute atomic E-state index is 5.39. The van der Waals surface area contributed by atoms with E-state index < -0.39 is 0 Å². The maximum Gasteiger partial charge on any atom is 0.285 e. The van der Waals surface area contributed by atoms with Gasteiger partial charge in [-0.1, -0.05) is 44.2 Å². The monoisotopic (exact) mass is 218 g/mol. The first kappa shape index (κ1) is 11.0. The van der Waals surface area contributed by atoms with E-state index in [0.717, 1.165) is 6.54 Å². The molecule has 1 aliphatic heterocycles. The lowest BCUT2D eigenvalue weighted by molar-refractivity contribution is 0.315. The number of aliphatic imine (C=N–C) groups is 1. The molecule has 0 amide bonds. The van der Waals surface area contributed by atoms with Gasteiger partial charge < -0.3 is 10.1 Å². The van der Waals surface area contributed by atoms with E-state index in [1.165, 1.54) is 5.56 Å². The molecular formula is C13H18N2O. The van der Waals surface area contributed by atoms with Gasteiger partial charge in [0.1, 0.15) is 6.61 Å². The van der Waals surface area contributed by atoms with Crippen molar-refractivity contribution < 1.29 is 4.74 Å². The number of ether oxygens (including phenoxy) is 1. The lowest BCUT2D eigenvalue weighted by atomic mass is 9.96.